The molecule has 0 saturated heterocycles. The Hall–Kier alpha value is -4.24. The lowest BCUT2D eigenvalue weighted by Gasteiger charge is -2.24. The lowest BCUT2D eigenvalue weighted by Crippen LogP contribution is -2.38. The molecule has 0 aromatic heterocycles. The molecule has 6 nitrogen and oxygen atoms in total. The molecule has 0 radical (unpaired) electrons. The molecule has 4 aromatic carbocycles. The fourth-order valence-electron chi connectivity index (χ4n) is 3.36. The molecule has 4 aromatic rings. The zero-order valence-electron chi connectivity index (χ0n) is 19.0. The quantitative estimate of drug-likeness (QED) is 0.330. The van der Waals surface area contributed by atoms with E-state index in [9.17, 15) is 22.0 Å². The average Bonchev–Trinajstić information content (AvgIpc) is 2.88. The molecule has 0 atom stereocenters. The number of hydrogen-bond donors (Lipinski definition) is 1. The number of hydrogen-bond acceptors (Lipinski definition) is 4. The third-order valence-corrected chi connectivity index (χ3v) is 6.98. The highest BCUT2D eigenvalue weighted by Crippen LogP contribution is 2.25. The van der Waals surface area contributed by atoms with Gasteiger partial charge in [0.05, 0.1) is 10.6 Å². The van der Waals surface area contributed by atoms with E-state index < -0.39 is 34.1 Å². The first-order chi connectivity index (χ1) is 17.3. The summed E-state index contributed by atoms with van der Waals surface area (Å²) in [5, 5.41) is 2.65. The molecule has 0 bridgehead atoms. The summed E-state index contributed by atoms with van der Waals surface area (Å²) in [6.45, 7) is -0.196. The maximum Gasteiger partial charge on any atom is 0.264 e. The molecule has 0 fully saturated rings. The minimum absolute atomic E-state index is 0.0838. The van der Waals surface area contributed by atoms with E-state index in [2.05, 4.69) is 5.32 Å². The molecule has 0 unspecified atom stereocenters. The number of halogens is 2. The molecule has 0 aliphatic rings. The van der Waals surface area contributed by atoms with E-state index in [-0.39, 0.29) is 10.6 Å². The van der Waals surface area contributed by atoms with Crippen LogP contribution in [0.5, 0.6) is 5.75 Å². The molecule has 36 heavy (non-hydrogen) atoms. The van der Waals surface area contributed by atoms with Gasteiger partial charge in [-0.2, -0.15) is 0 Å². The van der Waals surface area contributed by atoms with E-state index in [0.717, 1.165) is 46.3 Å². The molecule has 0 aliphatic heterocycles. The minimum atomic E-state index is -4.25. The maximum atomic E-state index is 13.4. The second kappa shape index (κ2) is 11.0. The van der Waals surface area contributed by atoms with Gasteiger partial charge in [-0.15, -0.1) is 0 Å². The van der Waals surface area contributed by atoms with E-state index in [1.807, 2.05) is 30.3 Å². The van der Waals surface area contributed by atoms with Crippen LogP contribution in [0.4, 0.5) is 20.2 Å². The molecule has 0 aliphatic carbocycles. The number of amides is 1. The Bertz CT molecular complexity index is 1410. The number of sulfonamides is 1. The fourth-order valence-corrected chi connectivity index (χ4v) is 4.78. The van der Waals surface area contributed by atoms with E-state index in [1.165, 1.54) is 12.1 Å². The second-order valence-corrected chi connectivity index (χ2v) is 9.65. The lowest BCUT2D eigenvalue weighted by atomic mass is 10.2. The van der Waals surface area contributed by atoms with Crippen LogP contribution in [0.15, 0.2) is 108 Å². The number of anilines is 2. The van der Waals surface area contributed by atoms with Gasteiger partial charge < -0.3 is 10.1 Å². The van der Waals surface area contributed by atoms with Crippen LogP contribution in [-0.2, 0) is 21.4 Å². The van der Waals surface area contributed by atoms with Crippen molar-refractivity contribution in [1.29, 1.82) is 0 Å². The zero-order valence-corrected chi connectivity index (χ0v) is 19.8. The van der Waals surface area contributed by atoms with Gasteiger partial charge in [-0.05, 0) is 78.4 Å². The summed E-state index contributed by atoms with van der Waals surface area (Å²) >= 11 is 0. The highest BCUT2D eigenvalue weighted by molar-refractivity contribution is 7.92. The van der Waals surface area contributed by atoms with Crippen LogP contribution in [0.25, 0.3) is 0 Å². The molecule has 9 heteroatoms. The van der Waals surface area contributed by atoms with Gasteiger partial charge in [0.15, 0.2) is 0 Å². The van der Waals surface area contributed by atoms with Gasteiger partial charge in [-0.1, -0.05) is 30.3 Å². The number of nitrogens with one attached hydrogen (secondary N) is 1. The van der Waals surface area contributed by atoms with Crippen LogP contribution in [0, 0.1) is 11.6 Å². The lowest BCUT2D eigenvalue weighted by molar-refractivity contribution is -0.114. The van der Waals surface area contributed by atoms with Crippen molar-refractivity contribution in [1.82, 2.24) is 0 Å². The van der Waals surface area contributed by atoms with Crippen molar-refractivity contribution in [3.63, 3.8) is 0 Å². The van der Waals surface area contributed by atoms with Gasteiger partial charge in [-0.25, -0.2) is 17.2 Å². The number of carbonyl (C=O) groups excluding carboxylic acids is 1. The number of benzene rings is 4. The fraction of sp³-hybridized carbons (Fsp3) is 0.0741. The number of carbonyl (C=O) groups is 1. The third-order valence-electron chi connectivity index (χ3n) is 5.19. The van der Waals surface area contributed by atoms with Gasteiger partial charge in [0.1, 0.15) is 30.5 Å². The van der Waals surface area contributed by atoms with Crippen molar-refractivity contribution in [2.75, 3.05) is 16.2 Å². The van der Waals surface area contributed by atoms with E-state index in [4.69, 9.17) is 4.74 Å². The van der Waals surface area contributed by atoms with Crippen LogP contribution < -0.4 is 14.4 Å². The van der Waals surface area contributed by atoms with Crippen LogP contribution in [0.1, 0.15) is 5.56 Å². The summed E-state index contributed by atoms with van der Waals surface area (Å²) in [4.78, 5) is 12.6. The zero-order chi connectivity index (χ0) is 25.5. The predicted molar refractivity (Wildman–Crippen MR) is 133 cm³/mol. The Morgan fingerprint density at radius 3 is 1.97 bits per heavy atom. The molecular formula is C27H22F2N2O4S. The van der Waals surface area contributed by atoms with Crippen molar-refractivity contribution in [2.45, 2.75) is 11.5 Å². The Morgan fingerprint density at radius 1 is 0.778 bits per heavy atom. The summed E-state index contributed by atoms with van der Waals surface area (Å²) in [7, 11) is -4.25. The Kier molecular flexibility index (Phi) is 7.60. The smallest absolute Gasteiger partial charge is 0.264 e. The van der Waals surface area contributed by atoms with Gasteiger partial charge in [-0.3, -0.25) is 9.10 Å². The summed E-state index contributed by atoms with van der Waals surface area (Å²) < 4.78 is 59.9. The van der Waals surface area contributed by atoms with E-state index in [0.29, 0.717) is 18.0 Å². The second-order valence-electron chi connectivity index (χ2n) is 7.79. The average molecular weight is 509 g/mol. The molecule has 1 N–H and O–H groups in total. The molecule has 1 amide bonds. The Morgan fingerprint density at radius 2 is 1.36 bits per heavy atom. The monoisotopic (exact) mass is 508 g/mol. The largest absolute Gasteiger partial charge is 0.489 e. The van der Waals surface area contributed by atoms with Gasteiger partial charge in [0.25, 0.3) is 10.0 Å². The van der Waals surface area contributed by atoms with Crippen LogP contribution in [-0.4, -0.2) is 20.9 Å². The molecule has 0 heterocycles. The molecular weight excluding hydrogens is 486 g/mol. The van der Waals surface area contributed by atoms with Gasteiger partial charge >= 0.3 is 0 Å². The molecule has 184 valence electrons. The van der Waals surface area contributed by atoms with Crippen LogP contribution in [0.2, 0.25) is 0 Å². The van der Waals surface area contributed by atoms with Crippen molar-refractivity contribution in [3.05, 3.63) is 120 Å². The van der Waals surface area contributed by atoms with Crippen molar-refractivity contribution in [3.8, 4) is 5.75 Å². The van der Waals surface area contributed by atoms with Crippen molar-refractivity contribution >= 4 is 27.3 Å². The van der Waals surface area contributed by atoms with Gasteiger partial charge in [0, 0.05) is 5.69 Å². The minimum Gasteiger partial charge on any atom is -0.489 e. The first kappa shape index (κ1) is 24.9. The molecule has 4 rings (SSSR count). The Labute approximate surface area is 207 Å². The normalized spacial score (nSPS) is 11.1. The summed E-state index contributed by atoms with van der Waals surface area (Å²) in [6, 6.07) is 25.2. The summed E-state index contributed by atoms with van der Waals surface area (Å²) in [5.41, 5.74) is 1.53. The summed E-state index contributed by atoms with van der Waals surface area (Å²) in [5.74, 6) is -1.18. The summed E-state index contributed by atoms with van der Waals surface area (Å²) in [6.07, 6.45) is 0. The number of nitrogens with zero attached hydrogens (tertiary/aromatic N) is 1. The van der Waals surface area contributed by atoms with E-state index in [1.54, 1.807) is 24.3 Å². The SMILES string of the molecule is O=C(CN(c1ccc(F)cc1)S(=O)(=O)c1ccc(F)cc1)Nc1ccc(OCc2ccccc2)cc1. The highest BCUT2D eigenvalue weighted by atomic mass is 32.2. The standard InChI is InChI=1S/C27H22F2N2O4S/c28-21-6-12-24(13-7-21)31(36(33,34)26-16-8-22(29)9-17-26)18-27(32)30-23-10-14-25(15-11-23)35-19-20-4-2-1-3-5-20/h1-17H,18-19H2,(H,30,32). The number of rotatable bonds is 9. The maximum absolute atomic E-state index is 13.4. The topological polar surface area (TPSA) is 75.7 Å². The predicted octanol–water partition coefficient (Wildman–Crippen LogP) is 5.38. The Balaban J connectivity index is 1.48. The highest BCUT2D eigenvalue weighted by Gasteiger charge is 2.27. The first-order valence-electron chi connectivity index (χ1n) is 10.9. The van der Waals surface area contributed by atoms with Gasteiger partial charge in [0.2, 0.25) is 5.91 Å². The number of ether oxygens (including phenoxy) is 1. The van der Waals surface area contributed by atoms with Crippen molar-refractivity contribution < 1.29 is 26.7 Å². The van der Waals surface area contributed by atoms with Crippen LogP contribution in [0.3, 0.4) is 0 Å². The first-order valence-corrected chi connectivity index (χ1v) is 12.4. The molecule has 0 saturated carbocycles. The van der Waals surface area contributed by atoms with Crippen LogP contribution >= 0.6 is 0 Å². The van der Waals surface area contributed by atoms with E-state index >= 15 is 0 Å². The third kappa shape index (κ3) is 6.25. The molecule has 0 spiro atoms. The van der Waals surface area contributed by atoms with Crippen molar-refractivity contribution in [2.24, 2.45) is 0 Å².